The van der Waals surface area contributed by atoms with E-state index in [1.165, 1.54) is 77.5 Å². The van der Waals surface area contributed by atoms with Crippen LogP contribution in [0.4, 0.5) is 0 Å². The Labute approximate surface area is 313 Å². The Morgan fingerprint density at radius 3 is 1.31 bits per heavy atom. The number of fused-ring (bicyclic) bond motifs is 6. The van der Waals surface area contributed by atoms with Gasteiger partial charge in [0.05, 0.1) is 0 Å². The molecule has 1 aromatic heterocycles. The summed E-state index contributed by atoms with van der Waals surface area (Å²) in [5, 5.41) is 2.47. The zero-order chi connectivity index (χ0) is 37.9. The Hall–Kier alpha value is -4.10. The van der Waals surface area contributed by atoms with Crippen LogP contribution in [0.2, 0.25) is 0 Å². The van der Waals surface area contributed by atoms with Gasteiger partial charge in [0.15, 0.2) is 0 Å². The van der Waals surface area contributed by atoms with Crippen molar-refractivity contribution in [3.05, 3.63) is 129 Å². The molecule has 1 aliphatic carbocycles. The summed E-state index contributed by atoms with van der Waals surface area (Å²) in [5.41, 5.74) is 18.2. The summed E-state index contributed by atoms with van der Waals surface area (Å²) in [7, 11) is 0. The molecular weight excluding hydrogens is 629 g/mol. The van der Waals surface area contributed by atoms with E-state index in [-0.39, 0.29) is 33.0 Å². The van der Waals surface area contributed by atoms with Gasteiger partial charge in [-0.1, -0.05) is 177 Å². The van der Waals surface area contributed by atoms with Crippen LogP contribution in [0.3, 0.4) is 0 Å². The largest absolute Gasteiger partial charge is 0.456 e. The molecule has 1 aliphatic rings. The summed E-state index contributed by atoms with van der Waals surface area (Å²) in [6.07, 6.45) is 0. The zero-order valence-corrected chi connectivity index (χ0v) is 34.6. The quantitative estimate of drug-likeness (QED) is 0.176. The van der Waals surface area contributed by atoms with Gasteiger partial charge < -0.3 is 4.42 Å². The van der Waals surface area contributed by atoms with Crippen molar-refractivity contribution in [1.82, 2.24) is 0 Å². The average molecular weight is 689 g/mol. The van der Waals surface area contributed by atoms with Crippen molar-refractivity contribution < 1.29 is 4.42 Å². The summed E-state index contributed by atoms with van der Waals surface area (Å²) >= 11 is 0. The van der Waals surface area contributed by atoms with E-state index in [1.54, 1.807) is 0 Å². The zero-order valence-electron chi connectivity index (χ0n) is 34.6. The molecule has 1 nitrogen and oxygen atoms in total. The van der Waals surface area contributed by atoms with Gasteiger partial charge in [-0.15, -0.1) is 0 Å². The van der Waals surface area contributed by atoms with Crippen molar-refractivity contribution in [2.24, 2.45) is 0 Å². The van der Waals surface area contributed by atoms with Gasteiger partial charge >= 0.3 is 0 Å². The Bertz CT molecular complexity index is 2260. The van der Waals surface area contributed by atoms with Crippen molar-refractivity contribution >= 4 is 21.9 Å². The first kappa shape index (κ1) is 36.3. The van der Waals surface area contributed by atoms with E-state index < -0.39 is 0 Å². The van der Waals surface area contributed by atoms with E-state index in [2.05, 4.69) is 189 Å². The van der Waals surface area contributed by atoms with Crippen LogP contribution in [0, 0.1) is 0 Å². The smallest absolute Gasteiger partial charge is 0.136 e. The fraction of sp³-hybridized carbons (Fsp3) is 0.412. The summed E-state index contributed by atoms with van der Waals surface area (Å²) in [6, 6.07) is 33.1. The average Bonchev–Trinajstić information content (AvgIpc) is 3.57. The molecule has 5 aromatic carbocycles. The molecule has 6 aromatic rings. The highest BCUT2D eigenvalue weighted by Gasteiger charge is 2.37. The standard InChI is InChI=1S/C51H60O/c1-47(2,3)31-19-21-36-39(28-31)40-29-32(48(4,5)6)20-22-37(40)43(36)38-23-24-42-45(46(38)51(13,14)15)44-35(17-16-18-41(44)52-42)30-25-33(49(7,8)9)27-34(26-30)50(10,11)12/h16-29,43H,1-15H3. The molecule has 0 saturated carbocycles. The predicted octanol–water partition coefficient (Wildman–Crippen LogP) is 14.9. The van der Waals surface area contributed by atoms with Crippen molar-refractivity contribution in [1.29, 1.82) is 0 Å². The summed E-state index contributed by atoms with van der Waals surface area (Å²) in [6.45, 7) is 35.0. The van der Waals surface area contributed by atoms with Gasteiger partial charge in [-0.05, 0) is 106 Å². The second kappa shape index (κ2) is 11.7. The molecular formula is C51H60O. The molecule has 0 fully saturated rings. The van der Waals surface area contributed by atoms with E-state index >= 15 is 0 Å². The molecule has 1 heteroatoms. The van der Waals surface area contributed by atoms with Crippen LogP contribution in [-0.2, 0) is 27.1 Å². The molecule has 1 heterocycles. The molecule has 52 heavy (non-hydrogen) atoms. The highest BCUT2D eigenvalue weighted by Crippen LogP contribution is 2.54. The fourth-order valence-electron chi connectivity index (χ4n) is 8.38. The maximum absolute atomic E-state index is 6.81. The second-order valence-corrected chi connectivity index (χ2v) is 20.8. The predicted molar refractivity (Wildman–Crippen MR) is 225 cm³/mol. The minimum Gasteiger partial charge on any atom is -0.456 e. The third-order valence-electron chi connectivity index (χ3n) is 11.5. The van der Waals surface area contributed by atoms with Crippen LogP contribution < -0.4 is 0 Å². The second-order valence-electron chi connectivity index (χ2n) is 20.8. The molecule has 0 bridgehead atoms. The molecule has 0 radical (unpaired) electrons. The normalized spacial score (nSPS) is 14.4. The topological polar surface area (TPSA) is 13.1 Å². The van der Waals surface area contributed by atoms with E-state index in [1.807, 2.05) is 0 Å². The monoisotopic (exact) mass is 688 g/mol. The van der Waals surface area contributed by atoms with Gasteiger partial charge in [0.2, 0.25) is 0 Å². The van der Waals surface area contributed by atoms with Crippen molar-refractivity contribution in [2.75, 3.05) is 0 Å². The third-order valence-corrected chi connectivity index (χ3v) is 11.5. The highest BCUT2D eigenvalue weighted by atomic mass is 16.3. The number of furan rings is 1. The number of rotatable bonds is 2. The Balaban J connectivity index is 1.57. The lowest BCUT2D eigenvalue weighted by atomic mass is 9.74. The minimum absolute atomic E-state index is 0.0229. The van der Waals surface area contributed by atoms with E-state index in [0.717, 1.165) is 11.2 Å². The van der Waals surface area contributed by atoms with E-state index in [4.69, 9.17) is 4.42 Å². The first-order valence-electron chi connectivity index (χ1n) is 19.4. The molecule has 0 N–H and O–H groups in total. The van der Waals surface area contributed by atoms with Gasteiger partial charge in [0, 0.05) is 16.7 Å². The SMILES string of the molecule is CC(C)(C)c1cc(-c2cccc3oc4ccc(C5c6ccc(C(C)(C)C)cc6-c6cc(C(C)(C)C)ccc65)c(C(C)(C)C)c4c23)cc(C(C)(C)C)c1. The Kier molecular flexibility index (Phi) is 8.16. The maximum Gasteiger partial charge on any atom is 0.136 e. The van der Waals surface area contributed by atoms with Crippen molar-refractivity contribution in [3.63, 3.8) is 0 Å². The van der Waals surface area contributed by atoms with Gasteiger partial charge in [-0.3, -0.25) is 0 Å². The first-order chi connectivity index (χ1) is 23.9. The summed E-state index contributed by atoms with van der Waals surface area (Å²) < 4.78 is 6.81. The van der Waals surface area contributed by atoms with Crippen LogP contribution in [0.5, 0.6) is 0 Å². The van der Waals surface area contributed by atoms with Gasteiger partial charge in [0.1, 0.15) is 11.2 Å². The lowest BCUT2D eigenvalue weighted by Gasteiger charge is -2.29. The number of hydrogen-bond donors (Lipinski definition) is 0. The molecule has 0 unspecified atom stereocenters. The number of hydrogen-bond acceptors (Lipinski definition) is 1. The molecule has 0 aliphatic heterocycles. The van der Waals surface area contributed by atoms with Gasteiger partial charge in [-0.2, -0.15) is 0 Å². The summed E-state index contributed by atoms with van der Waals surface area (Å²) in [5.74, 6) is 0.125. The van der Waals surface area contributed by atoms with Crippen LogP contribution in [-0.4, -0.2) is 0 Å². The lowest BCUT2D eigenvalue weighted by molar-refractivity contribution is 0.569. The van der Waals surface area contributed by atoms with Crippen molar-refractivity contribution in [3.8, 4) is 22.3 Å². The Morgan fingerprint density at radius 2 is 0.846 bits per heavy atom. The van der Waals surface area contributed by atoms with Gasteiger partial charge in [0.25, 0.3) is 0 Å². The molecule has 0 saturated heterocycles. The van der Waals surface area contributed by atoms with Crippen LogP contribution >= 0.6 is 0 Å². The van der Waals surface area contributed by atoms with E-state index in [9.17, 15) is 0 Å². The molecule has 0 spiro atoms. The van der Waals surface area contributed by atoms with Crippen LogP contribution in [0.1, 0.15) is 154 Å². The highest BCUT2D eigenvalue weighted by molar-refractivity contribution is 6.14. The molecule has 7 rings (SSSR count). The molecule has 0 amide bonds. The first-order valence-corrected chi connectivity index (χ1v) is 19.4. The van der Waals surface area contributed by atoms with Crippen LogP contribution in [0.25, 0.3) is 44.2 Å². The summed E-state index contributed by atoms with van der Waals surface area (Å²) in [4.78, 5) is 0. The fourth-order valence-corrected chi connectivity index (χ4v) is 8.38. The number of benzene rings is 5. The van der Waals surface area contributed by atoms with Gasteiger partial charge in [-0.25, -0.2) is 0 Å². The third kappa shape index (κ3) is 6.13. The lowest BCUT2D eigenvalue weighted by Crippen LogP contribution is -2.17. The minimum atomic E-state index is -0.151. The Morgan fingerprint density at radius 1 is 0.385 bits per heavy atom. The molecule has 270 valence electrons. The maximum atomic E-state index is 6.81. The van der Waals surface area contributed by atoms with Crippen LogP contribution in [0.15, 0.2) is 89.3 Å². The van der Waals surface area contributed by atoms with Crippen molar-refractivity contribution in [2.45, 2.75) is 137 Å². The molecule has 0 atom stereocenters. The van der Waals surface area contributed by atoms with E-state index in [0.29, 0.717) is 0 Å².